The Morgan fingerprint density at radius 3 is 2.73 bits per heavy atom. The highest BCUT2D eigenvalue weighted by molar-refractivity contribution is 9.09. The van der Waals surface area contributed by atoms with Crippen LogP contribution in [0.4, 0.5) is 5.82 Å². The molecule has 0 aliphatic heterocycles. The molecule has 0 radical (unpaired) electrons. The van der Waals surface area contributed by atoms with Crippen molar-refractivity contribution < 1.29 is 0 Å². The maximum atomic E-state index is 5.83. The summed E-state index contributed by atoms with van der Waals surface area (Å²) in [5, 5.41) is 1.68. The van der Waals surface area contributed by atoms with Gasteiger partial charge in [0.05, 0.1) is 5.02 Å². The molecule has 0 bridgehead atoms. The summed E-state index contributed by atoms with van der Waals surface area (Å²) in [6.45, 7) is 1.01. The predicted molar refractivity (Wildman–Crippen MR) is 68.0 cm³/mol. The van der Waals surface area contributed by atoms with Gasteiger partial charge in [-0.15, -0.1) is 0 Å². The predicted octanol–water partition coefficient (Wildman–Crippen LogP) is 3.49. The maximum absolute atomic E-state index is 5.83. The van der Waals surface area contributed by atoms with E-state index in [0.29, 0.717) is 11.1 Å². The molecule has 0 saturated heterocycles. The van der Waals surface area contributed by atoms with Crippen molar-refractivity contribution in [3.8, 4) is 0 Å². The summed E-state index contributed by atoms with van der Waals surface area (Å²) in [7, 11) is 0. The molecule has 1 heterocycles. The van der Waals surface area contributed by atoms with Crippen LogP contribution in [0.3, 0.4) is 0 Å². The van der Waals surface area contributed by atoms with Crippen LogP contribution >= 0.6 is 27.5 Å². The zero-order valence-corrected chi connectivity index (χ0v) is 10.8. The van der Waals surface area contributed by atoms with Crippen molar-refractivity contribution in [1.82, 2.24) is 4.98 Å². The smallest absolute Gasteiger partial charge is 0.128 e. The van der Waals surface area contributed by atoms with E-state index >= 15 is 0 Å². The van der Waals surface area contributed by atoms with Gasteiger partial charge in [-0.3, -0.25) is 0 Å². The number of pyridine rings is 1. The Morgan fingerprint density at radius 1 is 1.47 bits per heavy atom. The Morgan fingerprint density at radius 2 is 2.27 bits per heavy atom. The van der Waals surface area contributed by atoms with E-state index in [4.69, 9.17) is 11.6 Å². The number of anilines is 1. The van der Waals surface area contributed by atoms with Crippen LogP contribution in [0.5, 0.6) is 0 Å². The summed E-state index contributed by atoms with van der Waals surface area (Å²) in [5.74, 6) is 1.04. The lowest BCUT2D eigenvalue weighted by Crippen LogP contribution is -2.41. The van der Waals surface area contributed by atoms with E-state index in [0.717, 1.165) is 17.7 Å². The van der Waals surface area contributed by atoms with Crippen molar-refractivity contribution in [3.05, 3.63) is 23.4 Å². The Balaban J connectivity index is 2.12. The van der Waals surface area contributed by atoms with Gasteiger partial charge in [0.15, 0.2) is 0 Å². The van der Waals surface area contributed by atoms with E-state index in [2.05, 4.69) is 25.8 Å². The van der Waals surface area contributed by atoms with E-state index < -0.39 is 0 Å². The molecule has 0 amide bonds. The number of hydrogen-bond acceptors (Lipinski definition) is 2. The SMILES string of the molecule is Clc1ccc(N(CCBr)C2CCC2)nc1. The first-order valence-electron chi connectivity index (χ1n) is 5.25. The number of halogens is 2. The highest BCUT2D eigenvalue weighted by Crippen LogP contribution is 2.28. The van der Waals surface area contributed by atoms with Crippen LogP contribution in [0.2, 0.25) is 5.02 Å². The molecule has 15 heavy (non-hydrogen) atoms. The molecule has 1 aliphatic carbocycles. The quantitative estimate of drug-likeness (QED) is 0.789. The lowest BCUT2D eigenvalue weighted by molar-refractivity contribution is 0.389. The summed E-state index contributed by atoms with van der Waals surface area (Å²) in [6.07, 6.45) is 5.64. The molecule has 0 unspecified atom stereocenters. The van der Waals surface area contributed by atoms with E-state index in [9.17, 15) is 0 Å². The molecule has 1 fully saturated rings. The third kappa shape index (κ3) is 2.64. The Labute approximate surface area is 104 Å². The van der Waals surface area contributed by atoms with Crippen molar-refractivity contribution in [3.63, 3.8) is 0 Å². The fourth-order valence-corrected chi connectivity index (χ4v) is 2.31. The van der Waals surface area contributed by atoms with E-state index in [1.807, 2.05) is 12.1 Å². The second-order valence-electron chi connectivity index (χ2n) is 3.80. The van der Waals surface area contributed by atoms with Gasteiger partial charge in [0.25, 0.3) is 0 Å². The van der Waals surface area contributed by atoms with Crippen LogP contribution in [-0.2, 0) is 0 Å². The van der Waals surface area contributed by atoms with Crippen LogP contribution < -0.4 is 4.90 Å². The average Bonchev–Trinajstić information content (AvgIpc) is 2.16. The number of alkyl halides is 1. The van der Waals surface area contributed by atoms with Crippen molar-refractivity contribution in [2.75, 3.05) is 16.8 Å². The van der Waals surface area contributed by atoms with Crippen LogP contribution in [0.25, 0.3) is 0 Å². The molecular formula is C11H14BrClN2. The summed E-state index contributed by atoms with van der Waals surface area (Å²) in [5.41, 5.74) is 0. The Bertz CT molecular complexity index is 311. The molecule has 1 aromatic rings. The zero-order chi connectivity index (χ0) is 10.7. The summed E-state index contributed by atoms with van der Waals surface area (Å²) in [4.78, 5) is 6.74. The standard InChI is InChI=1S/C11H14BrClN2/c12-6-7-15(10-2-1-3-10)11-5-4-9(13)8-14-11/h4-5,8,10H,1-3,6-7H2. The van der Waals surface area contributed by atoms with Crippen molar-refractivity contribution in [2.24, 2.45) is 0 Å². The van der Waals surface area contributed by atoms with Gasteiger partial charge in [-0.2, -0.15) is 0 Å². The minimum atomic E-state index is 0.677. The highest BCUT2D eigenvalue weighted by atomic mass is 79.9. The topological polar surface area (TPSA) is 16.1 Å². The van der Waals surface area contributed by atoms with Gasteiger partial charge < -0.3 is 4.90 Å². The maximum Gasteiger partial charge on any atom is 0.128 e. The van der Waals surface area contributed by atoms with Crippen LogP contribution in [0, 0.1) is 0 Å². The van der Waals surface area contributed by atoms with E-state index in [1.54, 1.807) is 6.20 Å². The monoisotopic (exact) mass is 288 g/mol. The lowest BCUT2D eigenvalue weighted by Gasteiger charge is -2.38. The summed E-state index contributed by atoms with van der Waals surface area (Å²) in [6, 6.07) is 4.59. The lowest BCUT2D eigenvalue weighted by atomic mass is 9.91. The first-order chi connectivity index (χ1) is 7.31. The number of rotatable bonds is 4. The van der Waals surface area contributed by atoms with Gasteiger partial charge in [-0.25, -0.2) is 4.98 Å². The minimum absolute atomic E-state index is 0.677. The summed E-state index contributed by atoms with van der Waals surface area (Å²) >= 11 is 9.32. The third-order valence-corrected chi connectivity index (χ3v) is 3.43. The first kappa shape index (κ1) is 11.2. The van der Waals surface area contributed by atoms with E-state index in [1.165, 1.54) is 19.3 Å². The molecule has 0 atom stereocenters. The molecule has 4 heteroatoms. The molecule has 1 saturated carbocycles. The van der Waals surface area contributed by atoms with Crippen LogP contribution in [0.15, 0.2) is 18.3 Å². The molecule has 1 aliphatic rings. The largest absolute Gasteiger partial charge is 0.353 e. The molecule has 2 nitrogen and oxygen atoms in total. The van der Waals surface area contributed by atoms with Crippen LogP contribution in [0.1, 0.15) is 19.3 Å². The molecule has 0 spiro atoms. The van der Waals surface area contributed by atoms with Crippen molar-refractivity contribution >= 4 is 33.3 Å². The normalized spacial score (nSPS) is 16.1. The van der Waals surface area contributed by atoms with Gasteiger partial charge in [0.2, 0.25) is 0 Å². The minimum Gasteiger partial charge on any atom is -0.353 e. The molecule has 82 valence electrons. The molecule has 2 rings (SSSR count). The van der Waals surface area contributed by atoms with Gasteiger partial charge >= 0.3 is 0 Å². The molecular weight excluding hydrogens is 275 g/mol. The van der Waals surface area contributed by atoms with Crippen LogP contribution in [-0.4, -0.2) is 22.9 Å². The third-order valence-electron chi connectivity index (χ3n) is 2.85. The van der Waals surface area contributed by atoms with Crippen molar-refractivity contribution in [1.29, 1.82) is 0 Å². The summed E-state index contributed by atoms with van der Waals surface area (Å²) < 4.78 is 0. The van der Waals surface area contributed by atoms with Crippen molar-refractivity contribution in [2.45, 2.75) is 25.3 Å². The van der Waals surface area contributed by atoms with E-state index in [-0.39, 0.29) is 0 Å². The fourth-order valence-electron chi connectivity index (χ4n) is 1.81. The first-order valence-corrected chi connectivity index (χ1v) is 6.75. The second-order valence-corrected chi connectivity index (χ2v) is 5.03. The number of hydrogen-bond donors (Lipinski definition) is 0. The number of nitrogens with zero attached hydrogens (tertiary/aromatic N) is 2. The van der Waals surface area contributed by atoms with Gasteiger partial charge in [-0.1, -0.05) is 27.5 Å². The van der Waals surface area contributed by atoms with Gasteiger partial charge in [0, 0.05) is 24.1 Å². The Kier molecular flexibility index (Phi) is 3.87. The zero-order valence-electron chi connectivity index (χ0n) is 8.50. The number of aromatic nitrogens is 1. The fraction of sp³-hybridized carbons (Fsp3) is 0.545. The molecule has 0 N–H and O–H groups in total. The van der Waals surface area contributed by atoms with Gasteiger partial charge in [0.1, 0.15) is 5.82 Å². The Hall–Kier alpha value is -0.280. The average molecular weight is 290 g/mol. The molecule has 1 aromatic heterocycles. The van der Waals surface area contributed by atoms with Gasteiger partial charge in [-0.05, 0) is 31.4 Å². The molecule has 0 aromatic carbocycles. The highest BCUT2D eigenvalue weighted by Gasteiger charge is 2.25. The second kappa shape index (κ2) is 5.17.